The van der Waals surface area contributed by atoms with Gasteiger partial charge in [0.1, 0.15) is 0 Å². The van der Waals surface area contributed by atoms with Crippen molar-refractivity contribution in [1.29, 1.82) is 0 Å². The Morgan fingerprint density at radius 1 is 1.33 bits per heavy atom. The number of nitrogens with zero attached hydrogens (tertiary/aromatic N) is 2. The Bertz CT molecular complexity index is 135. The molecule has 0 spiro atoms. The van der Waals surface area contributed by atoms with Gasteiger partial charge in [0.25, 0.3) is 0 Å². The maximum atomic E-state index is 11.4. The van der Waals surface area contributed by atoms with Crippen LogP contribution < -0.4 is 0 Å². The van der Waals surface area contributed by atoms with Crippen LogP contribution in [0.25, 0.3) is 0 Å². The van der Waals surface area contributed by atoms with Gasteiger partial charge in [-0.3, -0.25) is 0 Å². The highest BCUT2D eigenvalue weighted by Gasteiger charge is 2.13. The first-order valence-corrected chi connectivity index (χ1v) is 4.28. The van der Waals surface area contributed by atoms with Gasteiger partial charge in [0.05, 0.1) is 6.61 Å². The fourth-order valence-electron chi connectivity index (χ4n) is 0.981. The molecule has 0 saturated carbocycles. The number of hydrogen-bond donors (Lipinski definition) is 1. The van der Waals surface area contributed by atoms with Gasteiger partial charge in [0.2, 0.25) is 0 Å². The zero-order valence-corrected chi connectivity index (χ0v) is 8.08. The molecular formula is C8H18N2O2. The second-order valence-electron chi connectivity index (χ2n) is 2.60. The summed E-state index contributed by atoms with van der Waals surface area (Å²) in [6.45, 7) is 5.72. The van der Waals surface area contributed by atoms with Crippen molar-refractivity contribution in [2.45, 2.75) is 13.8 Å². The van der Waals surface area contributed by atoms with Crippen LogP contribution in [0, 0.1) is 0 Å². The van der Waals surface area contributed by atoms with Crippen molar-refractivity contribution in [1.82, 2.24) is 9.80 Å². The molecule has 0 bridgehead atoms. The number of aliphatic hydroxyl groups is 1. The average molecular weight is 174 g/mol. The van der Waals surface area contributed by atoms with Crippen molar-refractivity contribution < 1.29 is 9.90 Å². The predicted molar refractivity (Wildman–Crippen MR) is 48.0 cm³/mol. The van der Waals surface area contributed by atoms with Gasteiger partial charge in [-0.05, 0) is 13.8 Å². The van der Waals surface area contributed by atoms with E-state index in [9.17, 15) is 4.79 Å². The van der Waals surface area contributed by atoms with Crippen molar-refractivity contribution in [3.05, 3.63) is 0 Å². The van der Waals surface area contributed by atoms with Crippen LogP contribution in [0.15, 0.2) is 0 Å². The summed E-state index contributed by atoms with van der Waals surface area (Å²) in [5, 5.41) is 8.60. The van der Waals surface area contributed by atoms with Gasteiger partial charge >= 0.3 is 6.03 Å². The summed E-state index contributed by atoms with van der Waals surface area (Å²) in [6.07, 6.45) is 0. The number of carbonyl (C=O) groups excluding carboxylic acids is 1. The van der Waals surface area contributed by atoms with Gasteiger partial charge in [-0.15, -0.1) is 0 Å². The first kappa shape index (κ1) is 11.2. The topological polar surface area (TPSA) is 43.8 Å². The lowest BCUT2D eigenvalue weighted by atomic mass is 10.5. The fraction of sp³-hybridized carbons (Fsp3) is 0.875. The molecule has 12 heavy (non-hydrogen) atoms. The lowest BCUT2D eigenvalue weighted by molar-refractivity contribution is 0.155. The van der Waals surface area contributed by atoms with E-state index in [4.69, 9.17) is 5.11 Å². The highest BCUT2D eigenvalue weighted by Crippen LogP contribution is 1.95. The highest BCUT2D eigenvalue weighted by molar-refractivity contribution is 5.74. The molecule has 0 atom stereocenters. The largest absolute Gasteiger partial charge is 0.395 e. The van der Waals surface area contributed by atoms with E-state index in [0.717, 1.165) is 0 Å². The molecule has 0 unspecified atom stereocenters. The van der Waals surface area contributed by atoms with E-state index < -0.39 is 0 Å². The lowest BCUT2D eigenvalue weighted by Crippen LogP contribution is -2.42. The zero-order valence-electron chi connectivity index (χ0n) is 8.08. The Hall–Kier alpha value is -0.770. The number of likely N-dealkylation sites (N-methyl/N-ethyl adjacent to an activating group) is 1. The first-order valence-electron chi connectivity index (χ1n) is 4.28. The van der Waals surface area contributed by atoms with Crippen LogP contribution in [0.2, 0.25) is 0 Å². The molecule has 0 aliphatic rings. The summed E-state index contributed by atoms with van der Waals surface area (Å²) >= 11 is 0. The van der Waals surface area contributed by atoms with Gasteiger partial charge in [-0.25, -0.2) is 4.79 Å². The Kier molecular flexibility index (Phi) is 5.45. The smallest absolute Gasteiger partial charge is 0.319 e. The average Bonchev–Trinajstić information content (AvgIpc) is 2.07. The number of carbonyl (C=O) groups is 1. The third-order valence-electron chi connectivity index (χ3n) is 1.80. The number of amides is 2. The normalized spacial score (nSPS) is 9.67. The standard InChI is InChI=1S/C8H18N2O2/c1-4-10(5-2)8(12)9(3)6-7-11/h11H,4-7H2,1-3H3. The number of urea groups is 1. The highest BCUT2D eigenvalue weighted by atomic mass is 16.3. The first-order chi connectivity index (χ1) is 5.67. The number of hydrogen-bond acceptors (Lipinski definition) is 2. The van der Waals surface area contributed by atoms with Crippen molar-refractivity contribution >= 4 is 6.03 Å². The van der Waals surface area contributed by atoms with E-state index >= 15 is 0 Å². The summed E-state index contributed by atoms with van der Waals surface area (Å²) in [7, 11) is 1.69. The molecule has 0 heterocycles. The van der Waals surface area contributed by atoms with Gasteiger partial charge < -0.3 is 14.9 Å². The van der Waals surface area contributed by atoms with E-state index in [2.05, 4.69) is 0 Å². The van der Waals surface area contributed by atoms with Crippen LogP contribution in [0.1, 0.15) is 13.8 Å². The van der Waals surface area contributed by atoms with Crippen LogP contribution in [0.5, 0.6) is 0 Å². The molecule has 72 valence electrons. The monoisotopic (exact) mass is 174 g/mol. The van der Waals surface area contributed by atoms with E-state index in [1.807, 2.05) is 13.8 Å². The molecule has 0 fully saturated rings. The molecule has 0 aromatic rings. The summed E-state index contributed by atoms with van der Waals surface area (Å²) in [5.74, 6) is 0. The van der Waals surface area contributed by atoms with E-state index in [0.29, 0.717) is 19.6 Å². The maximum Gasteiger partial charge on any atom is 0.319 e. The predicted octanol–water partition coefficient (Wildman–Crippen LogP) is 0.372. The Morgan fingerprint density at radius 3 is 2.17 bits per heavy atom. The molecular weight excluding hydrogens is 156 g/mol. The summed E-state index contributed by atoms with van der Waals surface area (Å²) < 4.78 is 0. The Balaban J connectivity index is 3.97. The second kappa shape index (κ2) is 5.83. The molecule has 0 rings (SSSR count). The van der Waals surface area contributed by atoms with Crippen molar-refractivity contribution in [2.75, 3.05) is 33.3 Å². The molecule has 0 saturated heterocycles. The van der Waals surface area contributed by atoms with Crippen molar-refractivity contribution in [3.8, 4) is 0 Å². The molecule has 0 aromatic heterocycles. The number of aliphatic hydroxyl groups excluding tert-OH is 1. The van der Waals surface area contributed by atoms with Crippen LogP contribution in [0.4, 0.5) is 4.79 Å². The van der Waals surface area contributed by atoms with E-state index in [-0.39, 0.29) is 12.6 Å². The van der Waals surface area contributed by atoms with Crippen LogP contribution >= 0.6 is 0 Å². The van der Waals surface area contributed by atoms with Gasteiger partial charge in [-0.1, -0.05) is 0 Å². The van der Waals surface area contributed by atoms with Crippen molar-refractivity contribution in [3.63, 3.8) is 0 Å². The minimum atomic E-state index is -0.0194. The van der Waals surface area contributed by atoms with Crippen LogP contribution in [0.3, 0.4) is 0 Å². The maximum absolute atomic E-state index is 11.4. The Morgan fingerprint density at radius 2 is 1.83 bits per heavy atom. The summed E-state index contributed by atoms with van der Waals surface area (Å²) in [6, 6.07) is -0.0194. The molecule has 1 N–H and O–H groups in total. The quantitative estimate of drug-likeness (QED) is 0.669. The molecule has 4 nitrogen and oxygen atoms in total. The molecule has 2 amide bonds. The van der Waals surface area contributed by atoms with Crippen molar-refractivity contribution in [2.24, 2.45) is 0 Å². The summed E-state index contributed by atoms with van der Waals surface area (Å²) in [5.41, 5.74) is 0. The fourth-order valence-corrected chi connectivity index (χ4v) is 0.981. The molecule has 0 aromatic carbocycles. The van der Waals surface area contributed by atoms with Gasteiger partial charge in [0.15, 0.2) is 0 Å². The van der Waals surface area contributed by atoms with Crippen LogP contribution in [-0.2, 0) is 0 Å². The van der Waals surface area contributed by atoms with E-state index in [1.165, 1.54) is 4.90 Å². The van der Waals surface area contributed by atoms with E-state index in [1.54, 1.807) is 11.9 Å². The third kappa shape index (κ3) is 3.09. The zero-order chi connectivity index (χ0) is 9.56. The van der Waals surface area contributed by atoms with Gasteiger partial charge in [-0.2, -0.15) is 0 Å². The SMILES string of the molecule is CCN(CC)C(=O)N(C)CCO. The molecule has 0 radical (unpaired) electrons. The molecule has 0 aliphatic heterocycles. The number of rotatable bonds is 4. The third-order valence-corrected chi connectivity index (χ3v) is 1.80. The molecule has 4 heteroatoms. The minimum Gasteiger partial charge on any atom is -0.395 e. The summed E-state index contributed by atoms with van der Waals surface area (Å²) in [4.78, 5) is 14.7. The molecule has 0 aliphatic carbocycles. The lowest BCUT2D eigenvalue weighted by Gasteiger charge is -2.25. The second-order valence-corrected chi connectivity index (χ2v) is 2.60. The minimum absolute atomic E-state index is 0.0174. The van der Waals surface area contributed by atoms with Crippen LogP contribution in [-0.4, -0.2) is 54.2 Å². The Labute approximate surface area is 73.8 Å². The van der Waals surface area contributed by atoms with Gasteiger partial charge in [0, 0.05) is 26.7 Å².